The van der Waals surface area contributed by atoms with Crippen LogP contribution in [0.5, 0.6) is 0 Å². The summed E-state index contributed by atoms with van der Waals surface area (Å²) in [7, 11) is 2.89. The minimum absolute atomic E-state index is 0.175. The minimum Gasteiger partial charge on any atom is -0.274 e. The van der Waals surface area contributed by atoms with Crippen LogP contribution in [-0.4, -0.2) is 34.9 Å². The van der Waals surface area contributed by atoms with E-state index < -0.39 is 12.1 Å². The van der Waals surface area contributed by atoms with Crippen molar-refractivity contribution in [2.24, 2.45) is 0 Å². The number of halogens is 1. The first kappa shape index (κ1) is 13.8. The molecule has 6 heteroatoms. The summed E-state index contributed by atoms with van der Waals surface area (Å²) in [4.78, 5) is 16.9. The number of hydrogen-bond donors (Lipinski definition) is 0. The molecule has 0 saturated heterocycles. The maximum absolute atomic E-state index is 14.2. The van der Waals surface area contributed by atoms with Crippen LogP contribution in [-0.2, 0) is 4.84 Å². The SMILES string of the molecule is CON(C)C(=O)c1cc2n(n1)C(c1ccccc1)CC2F. The first-order valence-electron chi connectivity index (χ1n) is 6.72. The number of fused-ring (bicyclic) bond motifs is 1. The van der Waals surface area contributed by atoms with Crippen molar-refractivity contribution in [1.82, 2.24) is 14.8 Å². The van der Waals surface area contributed by atoms with Crippen molar-refractivity contribution in [2.45, 2.75) is 18.6 Å². The van der Waals surface area contributed by atoms with E-state index in [9.17, 15) is 9.18 Å². The molecule has 0 aliphatic carbocycles. The van der Waals surface area contributed by atoms with Gasteiger partial charge in [-0.3, -0.25) is 14.3 Å². The molecule has 2 unspecified atom stereocenters. The fourth-order valence-electron chi connectivity index (χ4n) is 2.61. The number of aromatic nitrogens is 2. The average Bonchev–Trinajstić information content (AvgIpc) is 3.07. The lowest BCUT2D eigenvalue weighted by molar-refractivity contribution is -0.0761. The largest absolute Gasteiger partial charge is 0.297 e. The Morgan fingerprint density at radius 1 is 1.43 bits per heavy atom. The Labute approximate surface area is 121 Å². The number of rotatable bonds is 3. The van der Waals surface area contributed by atoms with E-state index in [-0.39, 0.29) is 11.7 Å². The van der Waals surface area contributed by atoms with Crippen LogP contribution in [0.2, 0.25) is 0 Å². The van der Waals surface area contributed by atoms with Crippen LogP contribution in [0.15, 0.2) is 36.4 Å². The van der Waals surface area contributed by atoms with Gasteiger partial charge in [0.2, 0.25) is 0 Å². The molecule has 1 aromatic carbocycles. The topological polar surface area (TPSA) is 47.4 Å². The summed E-state index contributed by atoms with van der Waals surface area (Å²) in [6.07, 6.45) is -0.766. The Morgan fingerprint density at radius 3 is 2.81 bits per heavy atom. The second kappa shape index (κ2) is 5.29. The first-order chi connectivity index (χ1) is 10.1. The van der Waals surface area contributed by atoms with Gasteiger partial charge in [-0.15, -0.1) is 0 Å². The number of nitrogens with zero attached hydrogens (tertiary/aromatic N) is 3. The zero-order valence-corrected chi connectivity index (χ0v) is 11.9. The first-order valence-corrected chi connectivity index (χ1v) is 6.72. The van der Waals surface area contributed by atoms with Gasteiger partial charge < -0.3 is 0 Å². The maximum atomic E-state index is 14.2. The van der Waals surface area contributed by atoms with Crippen molar-refractivity contribution in [3.05, 3.63) is 53.3 Å². The molecule has 0 radical (unpaired) electrons. The minimum atomic E-state index is -1.11. The Kier molecular flexibility index (Phi) is 3.47. The fourth-order valence-corrected chi connectivity index (χ4v) is 2.61. The summed E-state index contributed by atoms with van der Waals surface area (Å²) in [5.74, 6) is -0.390. The Bertz CT molecular complexity index is 656. The van der Waals surface area contributed by atoms with Crippen molar-refractivity contribution < 1.29 is 14.0 Å². The van der Waals surface area contributed by atoms with Crippen LogP contribution in [0.3, 0.4) is 0 Å². The Hall–Kier alpha value is -2.21. The number of hydrogen-bond acceptors (Lipinski definition) is 3. The lowest BCUT2D eigenvalue weighted by atomic mass is 10.0. The monoisotopic (exact) mass is 289 g/mol. The highest BCUT2D eigenvalue weighted by Gasteiger charge is 2.35. The third kappa shape index (κ3) is 2.31. The van der Waals surface area contributed by atoms with Crippen molar-refractivity contribution in [3.63, 3.8) is 0 Å². The third-order valence-corrected chi connectivity index (χ3v) is 3.77. The van der Waals surface area contributed by atoms with E-state index in [1.165, 1.54) is 20.2 Å². The smallest absolute Gasteiger partial charge is 0.274 e. The van der Waals surface area contributed by atoms with Gasteiger partial charge in [-0.25, -0.2) is 9.45 Å². The molecule has 0 saturated carbocycles. The number of hydroxylamine groups is 2. The van der Waals surface area contributed by atoms with Crippen LogP contribution in [0.25, 0.3) is 0 Å². The van der Waals surface area contributed by atoms with Crippen molar-refractivity contribution in [3.8, 4) is 0 Å². The van der Waals surface area contributed by atoms with E-state index in [0.717, 1.165) is 10.6 Å². The Balaban J connectivity index is 1.96. The molecule has 1 aromatic heterocycles. The van der Waals surface area contributed by atoms with Crippen molar-refractivity contribution >= 4 is 5.91 Å². The fraction of sp³-hybridized carbons (Fsp3) is 0.333. The predicted octanol–water partition coefficient (Wildman–Crippen LogP) is 2.52. The van der Waals surface area contributed by atoms with E-state index in [4.69, 9.17) is 4.84 Å². The Morgan fingerprint density at radius 2 is 2.14 bits per heavy atom. The molecule has 0 N–H and O–H groups in total. The molecule has 0 bridgehead atoms. The number of carbonyl (C=O) groups is 1. The zero-order chi connectivity index (χ0) is 15.0. The summed E-state index contributed by atoms with van der Waals surface area (Å²) in [5.41, 5.74) is 1.62. The van der Waals surface area contributed by atoms with E-state index in [2.05, 4.69) is 5.10 Å². The van der Waals surface area contributed by atoms with Crippen LogP contribution < -0.4 is 0 Å². The van der Waals surface area contributed by atoms with Gasteiger partial charge in [0.25, 0.3) is 5.91 Å². The van der Waals surface area contributed by atoms with E-state index in [1.54, 1.807) is 4.68 Å². The van der Waals surface area contributed by atoms with Gasteiger partial charge in [0.05, 0.1) is 18.8 Å². The zero-order valence-electron chi connectivity index (χ0n) is 11.9. The number of alkyl halides is 1. The number of amides is 1. The molecule has 2 heterocycles. The van der Waals surface area contributed by atoms with Gasteiger partial charge in [0.1, 0.15) is 6.17 Å². The van der Waals surface area contributed by atoms with Crippen LogP contribution in [0, 0.1) is 0 Å². The van der Waals surface area contributed by atoms with Gasteiger partial charge in [0, 0.05) is 13.5 Å². The summed E-state index contributed by atoms with van der Waals surface area (Å²) in [6.45, 7) is 0. The molecule has 2 atom stereocenters. The van der Waals surface area contributed by atoms with Gasteiger partial charge in [-0.2, -0.15) is 5.10 Å². The highest BCUT2D eigenvalue weighted by molar-refractivity contribution is 5.91. The maximum Gasteiger partial charge on any atom is 0.297 e. The second-order valence-corrected chi connectivity index (χ2v) is 5.01. The van der Waals surface area contributed by atoms with Crippen LogP contribution in [0.4, 0.5) is 4.39 Å². The standard InChI is InChI=1S/C15H16FN3O2/c1-18(21-2)15(20)12-9-14-11(16)8-13(19(14)17-12)10-6-4-3-5-7-10/h3-7,9,11,13H,8H2,1-2H3. The highest BCUT2D eigenvalue weighted by atomic mass is 19.1. The normalized spacial score (nSPS) is 20.3. The molecule has 2 aromatic rings. The molecule has 5 nitrogen and oxygen atoms in total. The molecule has 0 fully saturated rings. The summed E-state index contributed by atoms with van der Waals surface area (Å²) in [5, 5.41) is 5.35. The third-order valence-electron chi connectivity index (χ3n) is 3.77. The average molecular weight is 289 g/mol. The molecule has 21 heavy (non-hydrogen) atoms. The van der Waals surface area contributed by atoms with E-state index in [0.29, 0.717) is 12.1 Å². The number of carbonyl (C=O) groups excluding carboxylic acids is 1. The molecule has 1 aliphatic heterocycles. The summed E-state index contributed by atoms with van der Waals surface area (Å²) >= 11 is 0. The van der Waals surface area contributed by atoms with Gasteiger partial charge in [-0.05, 0) is 11.6 Å². The highest BCUT2D eigenvalue weighted by Crippen LogP contribution is 2.40. The van der Waals surface area contributed by atoms with Gasteiger partial charge >= 0.3 is 0 Å². The summed E-state index contributed by atoms with van der Waals surface area (Å²) in [6, 6.07) is 11.0. The molecule has 0 spiro atoms. The molecule has 1 amide bonds. The van der Waals surface area contributed by atoms with Crippen LogP contribution >= 0.6 is 0 Å². The molecule has 1 aliphatic rings. The number of benzene rings is 1. The molecule has 3 rings (SSSR count). The van der Waals surface area contributed by atoms with Crippen LogP contribution in [0.1, 0.15) is 40.4 Å². The second-order valence-electron chi connectivity index (χ2n) is 5.01. The lowest BCUT2D eigenvalue weighted by Crippen LogP contribution is -2.26. The molecular weight excluding hydrogens is 273 g/mol. The van der Waals surface area contributed by atoms with Gasteiger partial charge in [0.15, 0.2) is 5.69 Å². The van der Waals surface area contributed by atoms with Crippen molar-refractivity contribution in [1.29, 1.82) is 0 Å². The predicted molar refractivity (Wildman–Crippen MR) is 74.4 cm³/mol. The summed E-state index contributed by atoms with van der Waals surface area (Å²) < 4.78 is 15.8. The van der Waals surface area contributed by atoms with Crippen molar-refractivity contribution in [2.75, 3.05) is 14.2 Å². The molecular formula is C15H16FN3O2. The van der Waals surface area contributed by atoms with Gasteiger partial charge in [-0.1, -0.05) is 30.3 Å². The van der Waals surface area contributed by atoms with E-state index >= 15 is 0 Å². The molecule has 110 valence electrons. The quantitative estimate of drug-likeness (QED) is 0.816. The van der Waals surface area contributed by atoms with E-state index in [1.807, 2.05) is 30.3 Å². The lowest BCUT2D eigenvalue weighted by Gasteiger charge is -2.13.